The van der Waals surface area contributed by atoms with Gasteiger partial charge in [-0.3, -0.25) is 0 Å². The molecule has 0 aliphatic rings. The molecule has 0 spiro atoms. The predicted octanol–water partition coefficient (Wildman–Crippen LogP) is 3.56. The highest BCUT2D eigenvalue weighted by atomic mass is 32.2. The summed E-state index contributed by atoms with van der Waals surface area (Å²) in [4.78, 5) is 0. The molecule has 0 aliphatic carbocycles. The molecule has 62 valence electrons. The minimum Gasteiger partial charge on any atom is -0.156 e. The lowest BCUT2D eigenvalue weighted by Crippen LogP contribution is -2.11. The van der Waals surface area contributed by atoms with Crippen molar-refractivity contribution in [1.29, 1.82) is 0 Å². The van der Waals surface area contributed by atoms with Crippen LogP contribution in [0.15, 0.2) is 0 Å². The van der Waals surface area contributed by atoms with Crippen LogP contribution in [0.5, 0.6) is 0 Å². The molecular weight excluding hydrogens is 140 g/mol. The Morgan fingerprint density at radius 3 is 2.10 bits per heavy atom. The van der Waals surface area contributed by atoms with Gasteiger partial charge in [-0.1, -0.05) is 41.0 Å². The van der Waals surface area contributed by atoms with Crippen molar-refractivity contribution in [2.75, 3.05) is 5.75 Å². The van der Waals surface area contributed by atoms with E-state index in [1.165, 1.54) is 12.2 Å². The zero-order chi connectivity index (χ0) is 8.20. The summed E-state index contributed by atoms with van der Waals surface area (Å²) in [7, 11) is 0. The fourth-order valence-corrected chi connectivity index (χ4v) is 1.53. The second-order valence-corrected chi connectivity index (χ2v) is 5.78. The molecule has 0 aromatic carbocycles. The summed E-state index contributed by atoms with van der Waals surface area (Å²) in [6.07, 6.45) is 1.31. The molecule has 1 heteroatoms. The fourth-order valence-electron chi connectivity index (χ4n) is 0.510. The average Bonchev–Trinajstić information content (AvgIpc) is 1.81. The second-order valence-electron chi connectivity index (χ2n) is 3.94. The van der Waals surface area contributed by atoms with Gasteiger partial charge >= 0.3 is 0 Å². The molecule has 10 heavy (non-hydrogen) atoms. The first-order valence-corrected chi connectivity index (χ1v) is 5.08. The monoisotopic (exact) mass is 160 g/mol. The number of rotatable bonds is 3. The molecule has 0 fully saturated rings. The molecule has 0 nitrogen and oxygen atoms in total. The Labute approximate surface area is 69.8 Å². The maximum Gasteiger partial charge on any atom is 0.00751 e. The van der Waals surface area contributed by atoms with E-state index in [-0.39, 0.29) is 0 Å². The Hall–Kier alpha value is 0.350. The standard InChI is InChI=1S/C9H20S/c1-6-8(2)7-10-9(3,4)5/h8H,6-7H2,1-5H3/t8-/m0/s1. The van der Waals surface area contributed by atoms with Crippen LogP contribution in [-0.4, -0.2) is 10.5 Å². The van der Waals surface area contributed by atoms with Crippen molar-refractivity contribution in [2.24, 2.45) is 5.92 Å². The Kier molecular flexibility index (Phi) is 4.42. The van der Waals surface area contributed by atoms with E-state index in [9.17, 15) is 0 Å². The third-order valence-electron chi connectivity index (χ3n) is 1.50. The van der Waals surface area contributed by atoms with Crippen LogP contribution in [0.25, 0.3) is 0 Å². The molecule has 0 aromatic heterocycles. The largest absolute Gasteiger partial charge is 0.156 e. The zero-order valence-corrected chi connectivity index (χ0v) is 8.72. The molecule has 0 saturated carbocycles. The summed E-state index contributed by atoms with van der Waals surface area (Å²) in [5.74, 6) is 2.18. The van der Waals surface area contributed by atoms with Crippen LogP contribution in [0.1, 0.15) is 41.0 Å². The lowest BCUT2D eigenvalue weighted by atomic mass is 10.2. The maximum absolute atomic E-state index is 2.32. The maximum atomic E-state index is 2.32. The predicted molar refractivity (Wildman–Crippen MR) is 51.7 cm³/mol. The van der Waals surface area contributed by atoms with Crippen molar-refractivity contribution < 1.29 is 0 Å². The molecule has 0 unspecified atom stereocenters. The van der Waals surface area contributed by atoms with Gasteiger partial charge in [0.05, 0.1) is 0 Å². The van der Waals surface area contributed by atoms with Gasteiger partial charge < -0.3 is 0 Å². The minimum atomic E-state index is 0.448. The van der Waals surface area contributed by atoms with Gasteiger partial charge in [-0.15, -0.1) is 0 Å². The minimum absolute atomic E-state index is 0.448. The topological polar surface area (TPSA) is 0 Å². The summed E-state index contributed by atoms with van der Waals surface area (Å²) < 4.78 is 0.448. The van der Waals surface area contributed by atoms with E-state index in [2.05, 4.69) is 46.4 Å². The van der Waals surface area contributed by atoms with Crippen LogP contribution < -0.4 is 0 Å². The molecule has 0 bridgehead atoms. The molecule has 0 aromatic rings. The molecule has 0 heterocycles. The van der Waals surface area contributed by atoms with E-state index < -0.39 is 0 Å². The second kappa shape index (κ2) is 4.27. The lowest BCUT2D eigenvalue weighted by molar-refractivity contribution is 0.632. The summed E-state index contributed by atoms with van der Waals surface area (Å²) in [5, 5.41) is 0. The summed E-state index contributed by atoms with van der Waals surface area (Å²) >= 11 is 2.07. The van der Waals surface area contributed by atoms with Gasteiger partial charge in [0, 0.05) is 4.75 Å². The fraction of sp³-hybridized carbons (Fsp3) is 1.00. The van der Waals surface area contributed by atoms with Gasteiger partial charge in [-0.05, 0) is 11.7 Å². The van der Waals surface area contributed by atoms with Crippen LogP contribution in [0.4, 0.5) is 0 Å². The molecule has 1 atom stereocenters. The van der Waals surface area contributed by atoms with Crippen molar-refractivity contribution >= 4 is 11.8 Å². The number of thioether (sulfide) groups is 1. The molecule has 0 saturated heterocycles. The van der Waals surface area contributed by atoms with E-state index in [0.717, 1.165) is 5.92 Å². The summed E-state index contributed by atoms with van der Waals surface area (Å²) in [6, 6.07) is 0. The highest BCUT2D eigenvalue weighted by Crippen LogP contribution is 2.25. The van der Waals surface area contributed by atoms with Crippen molar-refractivity contribution in [2.45, 2.75) is 45.8 Å². The van der Waals surface area contributed by atoms with Gasteiger partial charge in [-0.2, -0.15) is 11.8 Å². The van der Waals surface area contributed by atoms with E-state index >= 15 is 0 Å². The molecule has 0 N–H and O–H groups in total. The van der Waals surface area contributed by atoms with E-state index in [1.54, 1.807) is 0 Å². The normalized spacial score (nSPS) is 15.3. The highest BCUT2D eigenvalue weighted by molar-refractivity contribution is 8.00. The zero-order valence-electron chi connectivity index (χ0n) is 7.90. The Balaban J connectivity index is 3.36. The smallest absolute Gasteiger partial charge is 0.00751 e. The van der Waals surface area contributed by atoms with E-state index in [1.807, 2.05) is 0 Å². The molecule has 0 radical (unpaired) electrons. The first-order valence-electron chi connectivity index (χ1n) is 4.09. The molecule has 0 amide bonds. The van der Waals surface area contributed by atoms with Gasteiger partial charge in [0.15, 0.2) is 0 Å². The summed E-state index contributed by atoms with van der Waals surface area (Å²) in [5.41, 5.74) is 0. The number of hydrogen-bond donors (Lipinski definition) is 0. The van der Waals surface area contributed by atoms with Gasteiger partial charge in [-0.25, -0.2) is 0 Å². The highest BCUT2D eigenvalue weighted by Gasteiger charge is 2.11. The molecule has 0 rings (SSSR count). The third kappa shape index (κ3) is 6.47. The van der Waals surface area contributed by atoms with Crippen LogP contribution in [0, 0.1) is 5.92 Å². The average molecular weight is 160 g/mol. The van der Waals surface area contributed by atoms with Crippen molar-refractivity contribution in [3.8, 4) is 0 Å². The Morgan fingerprint density at radius 2 is 1.80 bits per heavy atom. The third-order valence-corrected chi connectivity index (χ3v) is 3.10. The molecule has 0 aliphatic heterocycles. The first kappa shape index (κ1) is 10.3. The van der Waals surface area contributed by atoms with Crippen LogP contribution in [0.3, 0.4) is 0 Å². The van der Waals surface area contributed by atoms with Crippen LogP contribution >= 0.6 is 11.8 Å². The Bertz CT molecular complexity index is 81.2. The number of hydrogen-bond acceptors (Lipinski definition) is 1. The SMILES string of the molecule is CC[C@H](C)CSC(C)(C)C. The Morgan fingerprint density at radius 1 is 1.30 bits per heavy atom. The van der Waals surface area contributed by atoms with Gasteiger partial charge in [0.1, 0.15) is 0 Å². The van der Waals surface area contributed by atoms with Crippen molar-refractivity contribution in [1.82, 2.24) is 0 Å². The summed E-state index contributed by atoms with van der Waals surface area (Å²) in [6.45, 7) is 11.4. The quantitative estimate of drug-likeness (QED) is 0.608. The van der Waals surface area contributed by atoms with Gasteiger partial charge in [0.2, 0.25) is 0 Å². The van der Waals surface area contributed by atoms with Crippen molar-refractivity contribution in [3.05, 3.63) is 0 Å². The van der Waals surface area contributed by atoms with Gasteiger partial charge in [0.25, 0.3) is 0 Å². The van der Waals surface area contributed by atoms with E-state index in [4.69, 9.17) is 0 Å². The van der Waals surface area contributed by atoms with Crippen LogP contribution in [0.2, 0.25) is 0 Å². The first-order chi connectivity index (χ1) is 4.45. The van der Waals surface area contributed by atoms with Crippen molar-refractivity contribution in [3.63, 3.8) is 0 Å². The lowest BCUT2D eigenvalue weighted by Gasteiger charge is -2.19. The molecular formula is C9H20S. The van der Waals surface area contributed by atoms with E-state index in [0.29, 0.717) is 4.75 Å². The van der Waals surface area contributed by atoms with Crippen LogP contribution in [-0.2, 0) is 0 Å².